The zero-order chi connectivity index (χ0) is 50.5. The SMILES string of the molecule is CC[C@H](C)[C@H](NC(=O)[C@H](CC(C)C)NC(=O)[C@H](CCCCN)NC(=O)[C@H](CCSC)NC(=O)[C@H](CCCCN)NC(=O)[C@H](CO)NC(=O)[C@H](C)NC(=O)[C@@H](N)CS)C(=O)N[C@@H](CS)C(=O)O. The van der Waals surface area contributed by atoms with Gasteiger partial charge in [0, 0.05) is 11.5 Å². The third-order valence-electron chi connectivity index (χ3n) is 10.4. The summed E-state index contributed by atoms with van der Waals surface area (Å²) in [4.78, 5) is 119. The number of aliphatic hydroxyl groups is 1. The van der Waals surface area contributed by atoms with Crippen LogP contribution in [0.1, 0.15) is 92.4 Å². The van der Waals surface area contributed by atoms with E-state index in [0.29, 0.717) is 44.4 Å². The van der Waals surface area contributed by atoms with E-state index in [4.69, 9.17) is 17.2 Å². The fourth-order valence-electron chi connectivity index (χ4n) is 6.18. The zero-order valence-corrected chi connectivity index (χ0v) is 41.7. The van der Waals surface area contributed by atoms with Gasteiger partial charge in [-0.05, 0) is 95.2 Å². The average molecular weight is 996 g/mol. The van der Waals surface area contributed by atoms with Crippen LogP contribution in [0.5, 0.6) is 0 Å². The van der Waals surface area contributed by atoms with Gasteiger partial charge in [0.15, 0.2) is 0 Å². The molecular weight excluding hydrogens is 919 g/mol. The molecule has 25 heteroatoms. The summed E-state index contributed by atoms with van der Waals surface area (Å²) in [6.45, 7) is 8.21. The van der Waals surface area contributed by atoms with Gasteiger partial charge < -0.3 is 69.9 Å². The highest BCUT2D eigenvalue weighted by Crippen LogP contribution is 2.13. The second-order valence-corrected chi connectivity index (χ2v) is 18.2. The monoisotopic (exact) mass is 995 g/mol. The Labute approximate surface area is 403 Å². The second-order valence-electron chi connectivity index (χ2n) is 16.4. The molecule has 0 heterocycles. The molecule has 0 bridgehead atoms. The lowest BCUT2D eigenvalue weighted by molar-refractivity contribution is -0.142. The maximum atomic E-state index is 14.1. The van der Waals surface area contributed by atoms with Crippen LogP contribution in [0, 0.1) is 11.8 Å². The van der Waals surface area contributed by atoms with E-state index in [9.17, 15) is 53.4 Å². The Morgan fingerprint density at radius 2 is 1.00 bits per heavy atom. The van der Waals surface area contributed by atoms with E-state index in [2.05, 4.69) is 67.8 Å². The van der Waals surface area contributed by atoms with Crippen molar-refractivity contribution in [1.29, 1.82) is 0 Å². The molecule has 0 aromatic carbocycles. The van der Waals surface area contributed by atoms with Gasteiger partial charge in [-0.25, -0.2) is 4.79 Å². The fraction of sp³-hybridized carbons (Fsp3) is 0.780. The minimum absolute atomic E-state index is 0.0140. The Morgan fingerprint density at radius 3 is 1.41 bits per heavy atom. The molecule has 380 valence electrons. The third-order valence-corrected chi connectivity index (χ3v) is 11.8. The number of carbonyl (C=O) groups is 9. The smallest absolute Gasteiger partial charge is 0.327 e. The third kappa shape index (κ3) is 23.7. The van der Waals surface area contributed by atoms with Crippen LogP contribution in [-0.2, 0) is 43.2 Å². The van der Waals surface area contributed by atoms with E-state index in [1.165, 1.54) is 18.7 Å². The highest BCUT2D eigenvalue weighted by molar-refractivity contribution is 7.98. The Kier molecular flexibility index (Phi) is 32.4. The quantitative estimate of drug-likeness (QED) is 0.0226. The summed E-state index contributed by atoms with van der Waals surface area (Å²) in [6.07, 6.45) is 4.37. The van der Waals surface area contributed by atoms with E-state index in [1.807, 2.05) is 13.8 Å². The first kappa shape index (κ1) is 62.1. The number of unbranched alkanes of at least 4 members (excludes halogenated alkanes) is 2. The van der Waals surface area contributed by atoms with Gasteiger partial charge in [0.25, 0.3) is 0 Å². The lowest BCUT2D eigenvalue weighted by Crippen LogP contribution is -2.61. The summed E-state index contributed by atoms with van der Waals surface area (Å²) < 4.78 is 0. The molecule has 0 unspecified atom stereocenters. The van der Waals surface area contributed by atoms with Gasteiger partial charge in [-0.2, -0.15) is 37.0 Å². The lowest BCUT2D eigenvalue weighted by atomic mass is 9.96. The van der Waals surface area contributed by atoms with Gasteiger partial charge in [0.1, 0.15) is 48.3 Å². The minimum atomic E-state index is -1.54. The first-order valence-electron chi connectivity index (χ1n) is 22.3. The molecule has 10 atom stereocenters. The number of carboxylic acid groups (broad SMARTS) is 1. The van der Waals surface area contributed by atoms with Crippen LogP contribution in [0.15, 0.2) is 0 Å². The van der Waals surface area contributed by atoms with E-state index in [-0.39, 0.29) is 49.7 Å². The Bertz CT molecular complexity index is 1570. The van der Waals surface area contributed by atoms with Gasteiger partial charge in [-0.15, -0.1) is 0 Å². The number of rotatable bonds is 35. The van der Waals surface area contributed by atoms with Gasteiger partial charge >= 0.3 is 5.97 Å². The number of thiol groups is 2. The summed E-state index contributed by atoms with van der Waals surface area (Å²) >= 11 is 9.35. The van der Waals surface area contributed by atoms with Crippen molar-refractivity contribution in [2.45, 2.75) is 147 Å². The zero-order valence-electron chi connectivity index (χ0n) is 39.1. The molecular formula is C41H77N11O11S3. The van der Waals surface area contributed by atoms with E-state index in [0.717, 1.165) is 0 Å². The average Bonchev–Trinajstić information content (AvgIpc) is 3.27. The van der Waals surface area contributed by atoms with Crippen LogP contribution in [0.25, 0.3) is 0 Å². The van der Waals surface area contributed by atoms with Crippen molar-refractivity contribution in [3.8, 4) is 0 Å². The molecule has 0 saturated carbocycles. The number of carboxylic acids is 1. The maximum Gasteiger partial charge on any atom is 0.327 e. The maximum absolute atomic E-state index is 14.1. The molecule has 0 fully saturated rings. The van der Waals surface area contributed by atoms with E-state index < -0.39 is 120 Å². The Morgan fingerprint density at radius 1 is 0.561 bits per heavy atom. The molecule has 8 amide bonds. The number of thioether (sulfide) groups is 1. The number of hydrogen-bond acceptors (Lipinski definition) is 16. The lowest BCUT2D eigenvalue weighted by Gasteiger charge is -2.29. The number of aliphatic carboxylic acids is 1. The predicted molar refractivity (Wildman–Crippen MR) is 259 cm³/mol. The van der Waals surface area contributed by atoms with Crippen LogP contribution in [-0.4, -0.2) is 161 Å². The molecule has 0 aliphatic carbocycles. The number of aliphatic hydroxyl groups excluding tert-OH is 1. The van der Waals surface area contributed by atoms with Crippen molar-refractivity contribution in [3.05, 3.63) is 0 Å². The van der Waals surface area contributed by atoms with E-state index >= 15 is 0 Å². The van der Waals surface area contributed by atoms with Crippen LogP contribution in [0.3, 0.4) is 0 Å². The Balaban J connectivity index is 6.49. The molecule has 0 spiro atoms. The molecule has 0 saturated heterocycles. The van der Waals surface area contributed by atoms with Crippen molar-refractivity contribution in [3.63, 3.8) is 0 Å². The highest BCUT2D eigenvalue weighted by atomic mass is 32.2. The van der Waals surface area contributed by atoms with Crippen LogP contribution in [0.4, 0.5) is 0 Å². The van der Waals surface area contributed by atoms with Gasteiger partial charge in [0.2, 0.25) is 47.3 Å². The first-order chi connectivity index (χ1) is 31.1. The Hall–Kier alpha value is -3.88. The molecule has 0 aliphatic rings. The molecule has 0 radical (unpaired) electrons. The summed E-state index contributed by atoms with van der Waals surface area (Å²) in [5.41, 5.74) is 17.1. The fourth-order valence-corrected chi connectivity index (χ4v) is 7.07. The second kappa shape index (κ2) is 34.4. The molecule has 22 nitrogen and oxygen atoms in total. The molecule has 0 aliphatic heterocycles. The number of nitrogens with one attached hydrogen (secondary N) is 8. The topological polar surface area (TPSA) is 368 Å². The van der Waals surface area contributed by atoms with E-state index in [1.54, 1.807) is 20.1 Å². The van der Waals surface area contributed by atoms with Crippen molar-refractivity contribution < 1.29 is 53.4 Å². The first-order valence-corrected chi connectivity index (χ1v) is 24.9. The van der Waals surface area contributed by atoms with Crippen LogP contribution >= 0.6 is 37.0 Å². The summed E-state index contributed by atoms with van der Waals surface area (Å²) in [5, 5.41) is 40.0. The van der Waals surface area contributed by atoms with Crippen molar-refractivity contribution >= 4 is 90.2 Å². The number of amides is 8. The van der Waals surface area contributed by atoms with Crippen molar-refractivity contribution in [2.24, 2.45) is 29.0 Å². The molecule has 16 N–H and O–H groups in total. The summed E-state index contributed by atoms with van der Waals surface area (Å²) in [5.74, 6) is -7.71. The van der Waals surface area contributed by atoms with Gasteiger partial charge in [-0.1, -0.05) is 34.1 Å². The summed E-state index contributed by atoms with van der Waals surface area (Å²) in [6, 6.07) is -11.0. The minimum Gasteiger partial charge on any atom is -0.480 e. The molecule has 0 rings (SSSR count). The molecule has 0 aromatic heterocycles. The van der Waals surface area contributed by atoms with Crippen molar-refractivity contribution in [1.82, 2.24) is 42.5 Å². The molecule has 66 heavy (non-hydrogen) atoms. The van der Waals surface area contributed by atoms with Crippen LogP contribution in [0.2, 0.25) is 0 Å². The standard InChI is InChI=1S/C41H77N11O11S3/c1-7-23(4)32(40(61)51-31(21-65)41(62)63)52-38(59)29(18-22(2)3)49-36(57)27(13-9-11-16-43)46-37(58)28(14-17-66-6)48-35(56)26(12-8-10-15-42)47-39(60)30(19-53)50-33(54)24(5)45-34(55)25(44)20-64/h22-32,53,64-65H,7-21,42-44H2,1-6H3,(H,45,55)(H,46,58)(H,47,60)(H,48,56)(H,49,57)(H,50,54)(H,51,61)(H,52,59)(H,62,63)/t23-,24-,25-,26-,27-,28-,29-,30-,31-,32-/m0/s1. The largest absolute Gasteiger partial charge is 0.480 e. The number of nitrogens with two attached hydrogens (primary N) is 3. The summed E-state index contributed by atoms with van der Waals surface area (Å²) in [7, 11) is 0. The van der Waals surface area contributed by atoms with Crippen molar-refractivity contribution in [2.75, 3.05) is 43.2 Å². The predicted octanol–water partition coefficient (Wildman–Crippen LogP) is -2.75. The van der Waals surface area contributed by atoms with Crippen LogP contribution < -0.4 is 59.7 Å². The normalized spacial score (nSPS) is 15.8. The highest BCUT2D eigenvalue weighted by Gasteiger charge is 2.35. The number of carbonyl (C=O) groups excluding carboxylic acids is 8. The van der Waals surface area contributed by atoms with Gasteiger partial charge in [-0.3, -0.25) is 38.4 Å². The molecule has 0 aromatic rings. The van der Waals surface area contributed by atoms with Gasteiger partial charge in [0.05, 0.1) is 12.6 Å². The number of hydrogen-bond donors (Lipinski definition) is 15.